The minimum Gasteiger partial charge on any atom is -0.504 e. The highest BCUT2D eigenvalue weighted by Crippen LogP contribution is 2.67. The summed E-state index contributed by atoms with van der Waals surface area (Å²) in [6, 6.07) is 7.59. The van der Waals surface area contributed by atoms with E-state index in [0.717, 1.165) is 9.78 Å². The van der Waals surface area contributed by atoms with Crippen LogP contribution in [0.3, 0.4) is 0 Å². The van der Waals surface area contributed by atoms with Crippen LogP contribution in [0.15, 0.2) is 47.4 Å². The molecule has 6 unspecified atom stereocenters. The monoisotopic (exact) mass is 726 g/mol. The second-order valence-electron chi connectivity index (χ2n) is 11.9. The number of phenols is 1. The Balaban J connectivity index is 1.43. The van der Waals surface area contributed by atoms with Crippen LogP contribution in [0.2, 0.25) is 0 Å². The molecule has 1 aromatic heterocycles. The lowest BCUT2D eigenvalue weighted by atomic mass is 9.56. The van der Waals surface area contributed by atoms with Crippen molar-refractivity contribution < 1.29 is 51.0 Å². The minimum atomic E-state index is -2.76. The number of anilines is 1. The predicted octanol–water partition coefficient (Wildman–Crippen LogP) is 5.92. The van der Waals surface area contributed by atoms with Crippen LogP contribution >= 0.6 is 34.5 Å². The van der Waals surface area contributed by atoms with Crippen LogP contribution in [0.25, 0.3) is 0 Å². The molecule has 0 bridgehead atoms. The van der Waals surface area contributed by atoms with Crippen LogP contribution in [0.4, 0.5) is 27.6 Å². The van der Waals surface area contributed by atoms with E-state index in [1.54, 1.807) is 23.6 Å². The van der Waals surface area contributed by atoms with E-state index in [-0.39, 0.29) is 34.8 Å². The van der Waals surface area contributed by atoms with Gasteiger partial charge >= 0.3 is 0 Å². The number of alkyl halides is 2. The number of amides is 4. The Morgan fingerprint density at radius 2 is 1.58 bits per heavy atom. The fourth-order valence-corrected chi connectivity index (χ4v) is 9.25. The number of phenolic OH excluding ortho intramolecular Hbond substituents is 1. The molecule has 0 spiro atoms. The van der Waals surface area contributed by atoms with Crippen LogP contribution < -0.4 is 9.64 Å². The van der Waals surface area contributed by atoms with Gasteiger partial charge in [0.2, 0.25) is 17.6 Å². The van der Waals surface area contributed by atoms with Crippen molar-refractivity contribution in [1.82, 2.24) is 4.90 Å². The SMILES string of the molecule is COc1cccc(C2C3=CCC4C(=O)N(Cc5cccs5)C(=O)C4C3CC3(Cl)C(=O)N(c4c(F)c(F)c(F)c(F)c4F)C(=O)C23Cl)c1O. The largest absolute Gasteiger partial charge is 0.504 e. The molecular formula is C32H21Cl2F5N2O6S. The Kier molecular flexibility index (Phi) is 7.46. The molecule has 4 amide bonds. The van der Waals surface area contributed by atoms with Crippen molar-refractivity contribution in [3.8, 4) is 11.5 Å². The molecule has 16 heteroatoms. The number of carbonyl (C=O) groups is 4. The molecule has 2 aromatic carbocycles. The van der Waals surface area contributed by atoms with Crippen molar-refractivity contribution in [2.45, 2.75) is 35.1 Å². The molecule has 1 N–H and O–H groups in total. The highest BCUT2D eigenvalue weighted by molar-refractivity contribution is 7.09. The van der Waals surface area contributed by atoms with E-state index in [4.69, 9.17) is 27.9 Å². The first-order valence-corrected chi connectivity index (χ1v) is 16.1. The molecular weight excluding hydrogens is 706 g/mol. The van der Waals surface area contributed by atoms with Crippen LogP contribution in [-0.2, 0) is 25.7 Å². The maximum Gasteiger partial charge on any atom is 0.258 e. The Labute approximate surface area is 282 Å². The van der Waals surface area contributed by atoms with Crippen molar-refractivity contribution >= 4 is 63.9 Å². The maximum absolute atomic E-state index is 15.2. The van der Waals surface area contributed by atoms with Gasteiger partial charge in [0.1, 0.15) is 5.69 Å². The van der Waals surface area contributed by atoms with Gasteiger partial charge in [0.25, 0.3) is 11.8 Å². The summed E-state index contributed by atoms with van der Waals surface area (Å²) in [5.41, 5.74) is -1.81. The molecule has 2 saturated heterocycles. The van der Waals surface area contributed by atoms with Crippen LogP contribution in [0, 0.1) is 46.8 Å². The molecule has 1 saturated carbocycles. The second kappa shape index (κ2) is 11.0. The highest BCUT2D eigenvalue weighted by atomic mass is 35.5. The predicted molar refractivity (Wildman–Crippen MR) is 161 cm³/mol. The number of benzene rings is 2. The van der Waals surface area contributed by atoms with Crippen LogP contribution in [0.1, 0.15) is 29.2 Å². The van der Waals surface area contributed by atoms with Crippen molar-refractivity contribution in [2.75, 3.05) is 12.0 Å². The third-order valence-corrected chi connectivity index (χ3v) is 12.0. The van der Waals surface area contributed by atoms with Crippen molar-refractivity contribution in [3.63, 3.8) is 0 Å². The van der Waals surface area contributed by atoms with E-state index >= 15 is 8.78 Å². The highest BCUT2D eigenvalue weighted by Gasteiger charge is 2.77. The van der Waals surface area contributed by atoms with Crippen molar-refractivity contribution in [2.24, 2.45) is 17.8 Å². The minimum absolute atomic E-state index is 0.0189. The van der Waals surface area contributed by atoms with Gasteiger partial charge in [-0.3, -0.25) is 24.1 Å². The van der Waals surface area contributed by atoms with E-state index in [2.05, 4.69) is 0 Å². The normalized spacial score (nSPS) is 29.6. The Morgan fingerprint density at radius 3 is 2.21 bits per heavy atom. The summed E-state index contributed by atoms with van der Waals surface area (Å²) in [7, 11) is 1.23. The molecule has 4 aliphatic rings. The van der Waals surface area contributed by atoms with Gasteiger partial charge in [-0.05, 0) is 36.3 Å². The zero-order chi connectivity index (χ0) is 34.6. The number of imide groups is 2. The zero-order valence-corrected chi connectivity index (χ0v) is 26.7. The first-order valence-electron chi connectivity index (χ1n) is 14.4. The lowest BCUT2D eigenvalue weighted by Crippen LogP contribution is -2.60. The average molecular weight is 727 g/mol. The number of rotatable bonds is 5. The quantitative estimate of drug-likeness (QED) is 0.0875. The number of likely N-dealkylation sites (tertiary alicyclic amines) is 1. The molecule has 250 valence electrons. The van der Waals surface area contributed by atoms with Gasteiger partial charge in [-0.2, -0.15) is 0 Å². The lowest BCUT2D eigenvalue weighted by molar-refractivity contribution is -0.141. The van der Waals surface area contributed by atoms with Gasteiger partial charge in [-0.1, -0.05) is 29.8 Å². The second-order valence-corrected chi connectivity index (χ2v) is 14.2. The number of ether oxygens (including phenoxy) is 1. The van der Waals surface area contributed by atoms with Crippen LogP contribution in [0.5, 0.6) is 11.5 Å². The molecule has 8 nitrogen and oxygen atoms in total. The lowest BCUT2D eigenvalue weighted by Gasteiger charge is -2.50. The van der Waals surface area contributed by atoms with Gasteiger partial charge in [-0.15, -0.1) is 34.5 Å². The molecule has 2 aliphatic heterocycles. The number of hydrogen-bond acceptors (Lipinski definition) is 7. The van der Waals surface area contributed by atoms with E-state index in [1.165, 1.54) is 36.6 Å². The third kappa shape index (κ3) is 4.05. The smallest absolute Gasteiger partial charge is 0.258 e. The molecule has 6 atom stereocenters. The summed E-state index contributed by atoms with van der Waals surface area (Å²) in [6.07, 6.45) is 0.887. The van der Waals surface area contributed by atoms with Crippen molar-refractivity contribution in [1.29, 1.82) is 0 Å². The summed E-state index contributed by atoms with van der Waals surface area (Å²) in [5, 5.41) is 13.1. The Hall–Kier alpha value is -4.01. The van der Waals surface area contributed by atoms with E-state index < -0.39 is 104 Å². The molecule has 48 heavy (non-hydrogen) atoms. The molecule has 3 heterocycles. The van der Waals surface area contributed by atoms with Gasteiger partial charge in [0, 0.05) is 16.4 Å². The number of fused-ring (bicyclic) bond motifs is 4. The molecule has 0 radical (unpaired) electrons. The first kappa shape index (κ1) is 32.5. The van der Waals surface area contributed by atoms with Gasteiger partial charge < -0.3 is 9.84 Å². The molecule has 2 aliphatic carbocycles. The van der Waals surface area contributed by atoms with Crippen molar-refractivity contribution in [3.05, 3.63) is 86.9 Å². The summed E-state index contributed by atoms with van der Waals surface area (Å²) in [4.78, 5) is 52.2. The molecule has 7 rings (SSSR count). The van der Waals surface area contributed by atoms with Gasteiger partial charge in [0.15, 0.2) is 44.5 Å². The number of para-hydroxylation sites is 1. The standard InChI is InChI=1S/C32H21Cl2F5N2O6S/c1-47-17-6-2-5-15(26(17)42)19-13-7-8-14-18(28(44)40(27(14)43)11-12-4-3-9-48-12)16(13)10-31(33)29(45)41(30(46)32(19,31)34)25-23(38)21(36)20(35)22(37)24(25)39/h2-7,9,14,16,18-19,42H,8,10-11H2,1H3. The average Bonchev–Trinajstić information content (AvgIpc) is 3.71. The number of methoxy groups -OCH3 is 1. The molecule has 3 fully saturated rings. The first-order chi connectivity index (χ1) is 22.7. The number of halogens is 7. The topological polar surface area (TPSA) is 104 Å². The fourth-order valence-electron chi connectivity index (χ4n) is 7.63. The maximum atomic E-state index is 15.2. The number of aromatic hydroxyl groups is 1. The number of carbonyl (C=O) groups excluding carboxylic acids is 4. The summed E-state index contributed by atoms with van der Waals surface area (Å²) < 4.78 is 78.3. The zero-order valence-electron chi connectivity index (χ0n) is 24.4. The van der Waals surface area contributed by atoms with E-state index in [9.17, 15) is 37.5 Å². The third-order valence-electron chi connectivity index (χ3n) is 9.77. The van der Waals surface area contributed by atoms with Gasteiger partial charge in [0.05, 0.1) is 25.5 Å². The van der Waals surface area contributed by atoms with E-state index in [0.29, 0.717) is 0 Å². The van der Waals surface area contributed by atoms with Crippen LogP contribution in [-0.4, -0.2) is 50.5 Å². The fraction of sp³-hybridized carbons (Fsp3) is 0.312. The summed E-state index contributed by atoms with van der Waals surface area (Å²) in [5.74, 6) is -22.1. The number of allylic oxidation sites excluding steroid dienone is 2. The van der Waals surface area contributed by atoms with E-state index in [1.807, 2.05) is 0 Å². The summed E-state index contributed by atoms with van der Waals surface area (Å²) in [6.45, 7) is -0.0264. The number of nitrogens with zero attached hydrogens (tertiary/aromatic N) is 2. The molecule has 3 aromatic rings. The summed E-state index contributed by atoms with van der Waals surface area (Å²) >= 11 is 15.5. The van der Waals surface area contributed by atoms with Gasteiger partial charge in [-0.25, -0.2) is 26.9 Å². The number of hydrogen-bond donors (Lipinski definition) is 1. The Bertz CT molecular complexity index is 1970. The number of thiophene rings is 1. The Morgan fingerprint density at radius 1 is 0.917 bits per heavy atom.